The van der Waals surface area contributed by atoms with Gasteiger partial charge in [-0.2, -0.15) is 0 Å². The monoisotopic (exact) mass is 234 g/mol. The highest BCUT2D eigenvalue weighted by atomic mass is 19.1. The number of nitrogens with one attached hydrogen (secondary N) is 1. The Labute approximate surface area is 99.3 Å². The maximum Gasteiger partial charge on any atom is 0.137 e. The van der Waals surface area contributed by atoms with Crippen molar-refractivity contribution >= 4 is 11.0 Å². The molecule has 2 aromatic heterocycles. The highest BCUT2D eigenvalue weighted by molar-refractivity contribution is 5.76. The Bertz CT molecular complexity index is 508. The Kier molecular flexibility index (Phi) is 3.54. The molecule has 2 rings (SSSR count). The first kappa shape index (κ1) is 11.8. The second-order valence-corrected chi connectivity index (χ2v) is 4.13. The van der Waals surface area contributed by atoms with Gasteiger partial charge >= 0.3 is 0 Å². The zero-order valence-electron chi connectivity index (χ0n) is 9.96. The Balaban J connectivity index is 1.98. The van der Waals surface area contributed by atoms with Crippen LogP contribution < -0.4 is 5.32 Å². The topological polar surface area (TPSA) is 38.1 Å². The molecule has 1 N–H and O–H groups in total. The van der Waals surface area contributed by atoms with Crippen molar-refractivity contribution in [1.82, 2.24) is 10.3 Å². The van der Waals surface area contributed by atoms with Gasteiger partial charge in [0, 0.05) is 24.3 Å². The fraction of sp³-hybridized carbons (Fsp3) is 0.308. The van der Waals surface area contributed by atoms with Gasteiger partial charge in [-0.1, -0.05) is 0 Å². The fourth-order valence-corrected chi connectivity index (χ4v) is 1.50. The summed E-state index contributed by atoms with van der Waals surface area (Å²) in [6, 6.07) is 3.73. The summed E-state index contributed by atoms with van der Waals surface area (Å²) in [5, 5.41) is 3.96. The lowest BCUT2D eigenvalue weighted by Crippen LogP contribution is -2.15. The first-order valence-electron chi connectivity index (χ1n) is 5.52. The molecule has 17 heavy (non-hydrogen) atoms. The molecule has 4 heteroatoms. The van der Waals surface area contributed by atoms with Gasteiger partial charge in [0.15, 0.2) is 0 Å². The quantitative estimate of drug-likeness (QED) is 0.882. The summed E-state index contributed by atoms with van der Waals surface area (Å²) in [7, 11) is 0. The molecular weight excluding hydrogens is 219 g/mol. The molecule has 0 fully saturated rings. The first-order valence-corrected chi connectivity index (χ1v) is 5.52. The maximum absolute atomic E-state index is 13.2. The molecule has 0 radical (unpaired) electrons. The van der Waals surface area contributed by atoms with E-state index < -0.39 is 0 Å². The van der Waals surface area contributed by atoms with E-state index in [0.29, 0.717) is 12.1 Å². The highest BCUT2D eigenvalue weighted by Crippen LogP contribution is 2.17. The number of halogens is 1. The molecule has 0 bridgehead atoms. The summed E-state index contributed by atoms with van der Waals surface area (Å²) >= 11 is 0. The number of fused-ring (bicyclic) bond motifs is 1. The zero-order valence-corrected chi connectivity index (χ0v) is 9.96. The van der Waals surface area contributed by atoms with Crippen LogP contribution in [0.4, 0.5) is 4.39 Å². The fourth-order valence-electron chi connectivity index (χ4n) is 1.50. The Hall–Kier alpha value is -1.68. The van der Waals surface area contributed by atoms with E-state index >= 15 is 0 Å². The summed E-state index contributed by atoms with van der Waals surface area (Å²) in [5.41, 5.74) is 1.51. The number of hydrogen-bond donors (Lipinski definition) is 1. The molecule has 0 spiro atoms. The molecule has 90 valence electrons. The molecule has 0 aliphatic heterocycles. The second-order valence-electron chi connectivity index (χ2n) is 4.13. The predicted octanol–water partition coefficient (Wildman–Crippen LogP) is 3.18. The lowest BCUT2D eigenvalue weighted by molar-refractivity contribution is 0.500. The van der Waals surface area contributed by atoms with Crippen molar-refractivity contribution < 1.29 is 8.81 Å². The van der Waals surface area contributed by atoms with Crippen LogP contribution in [0.15, 0.2) is 40.3 Å². The van der Waals surface area contributed by atoms with Gasteiger partial charge in [-0.05, 0) is 31.6 Å². The van der Waals surface area contributed by atoms with Crippen molar-refractivity contribution in [2.75, 3.05) is 6.54 Å². The number of furan rings is 1. The molecule has 0 saturated heterocycles. The summed E-state index contributed by atoms with van der Waals surface area (Å²) in [5.74, 6) is 0.664. The van der Waals surface area contributed by atoms with E-state index in [4.69, 9.17) is 4.42 Å². The van der Waals surface area contributed by atoms with Crippen LogP contribution in [0, 0.1) is 0 Å². The van der Waals surface area contributed by atoms with E-state index in [-0.39, 0.29) is 12.4 Å². The van der Waals surface area contributed by atoms with Gasteiger partial charge in [-0.3, -0.25) is 4.98 Å². The van der Waals surface area contributed by atoms with Crippen LogP contribution >= 0.6 is 0 Å². The van der Waals surface area contributed by atoms with Crippen LogP contribution in [0.3, 0.4) is 0 Å². The van der Waals surface area contributed by atoms with Crippen molar-refractivity contribution in [2.24, 2.45) is 0 Å². The van der Waals surface area contributed by atoms with Gasteiger partial charge in [-0.15, -0.1) is 0 Å². The van der Waals surface area contributed by atoms with Crippen LogP contribution in [0.2, 0.25) is 0 Å². The third-order valence-corrected chi connectivity index (χ3v) is 2.49. The van der Waals surface area contributed by atoms with Crippen LogP contribution in [0.25, 0.3) is 11.0 Å². The second kappa shape index (κ2) is 5.10. The predicted molar refractivity (Wildman–Crippen MR) is 65.2 cm³/mol. The number of allylic oxidation sites excluding steroid dienone is 1. The van der Waals surface area contributed by atoms with Crippen molar-refractivity contribution in [3.63, 3.8) is 0 Å². The van der Waals surface area contributed by atoms with Gasteiger partial charge in [0.25, 0.3) is 0 Å². The standard InChI is InChI=1S/C13H15FN2O/c1-9(2)12(14)8-16-7-11-5-10-6-15-4-3-13(10)17-11/h3-6,16H,7-8H2,1-2H3. The number of pyridine rings is 1. The van der Waals surface area contributed by atoms with Gasteiger partial charge in [0.2, 0.25) is 0 Å². The maximum atomic E-state index is 13.2. The lowest BCUT2D eigenvalue weighted by atomic mass is 10.3. The number of nitrogens with zero attached hydrogens (tertiary/aromatic N) is 1. The summed E-state index contributed by atoms with van der Waals surface area (Å²) < 4.78 is 18.8. The average Bonchev–Trinajstić information content (AvgIpc) is 2.71. The van der Waals surface area contributed by atoms with Gasteiger partial charge in [0.1, 0.15) is 17.2 Å². The highest BCUT2D eigenvalue weighted by Gasteiger charge is 2.03. The van der Waals surface area contributed by atoms with Gasteiger partial charge in [0.05, 0.1) is 6.54 Å². The van der Waals surface area contributed by atoms with Crippen LogP contribution in [-0.4, -0.2) is 11.5 Å². The summed E-state index contributed by atoms with van der Waals surface area (Å²) in [6.45, 7) is 4.25. The van der Waals surface area contributed by atoms with Crippen molar-refractivity contribution in [1.29, 1.82) is 0 Å². The zero-order chi connectivity index (χ0) is 12.3. The number of rotatable bonds is 4. The Morgan fingerprint density at radius 2 is 2.29 bits per heavy atom. The molecule has 0 unspecified atom stereocenters. The molecule has 0 amide bonds. The van der Waals surface area contributed by atoms with Crippen LogP contribution in [-0.2, 0) is 6.54 Å². The first-order chi connectivity index (χ1) is 8.16. The Morgan fingerprint density at radius 1 is 1.47 bits per heavy atom. The van der Waals surface area contributed by atoms with Gasteiger partial charge < -0.3 is 9.73 Å². The van der Waals surface area contributed by atoms with E-state index in [1.807, 2.05) is 12.1 Å². The van der Waals surface area contributed by atoms with E-state index in [9.17, 15) is 4.39 Å². The molecule has 0 saturated carbocycles. The average molecular weight is 234 g/mol. The van der Waals surface area contributed by atoms with Crippen LogP contribution in [0.5, 0.6) is 0 Å². The number of aromatic nitrogens is 1. The van der Waals surface area contributed by atoms with E-state index in [0.717, 1.165) is 16.7 Å². The molecule has 3 nitrogen and oxygen atoms in total. The lowest BCUT2D eigenvalue weighted by Gasteiger charge is -2.01. The van der Waals surface area contributed by atoms with E-state index in [1.165, 1.54) is 0 Å². The largest absolute Gasteiger partial charge is 0.460 e. The molecule has 2 aromatic rings. The molecule has 0 atom stereocenters. The molecule has 0 aromatic carbocycles. The van der Waals surface area contributed by atoms with E-state index in [1.54, 1.807) is 26.2 Å². The van der Waals surface area contributed by atoms with Crippen molar-refractivity contribution in [3.8, 4) is 0 Å². The molecular formula is C13H15FN2O. The third-order valence-electron chi connectivity index (χ3n) is 2.49. The third kappa shape index (κ3) is 2.91. The molecule has 0 aliphatic rings. The minimum Gasteiger partial charge on any atom is -0.460 e. The smallest absolute Gasteiger partial charge is 0.137 e. The Morgan fingerprint density at radius 3 is 3.00 bits per heavy atom. The van der Waals surface area contributed by atoms with Crippen molar-refractivity contribution in [2.45, 2.75) is 20.4 Å². The number of hydrogen-bond acceptors (Lipinski definition) is 3. The van der Waals surface area contributed by atoms with Crippen LogP contribution in [0.1, 0.15) is 19.6 Å². The van der Waals surface area contributed by atoms with Gasteiger partial charge in [-0.25, -0.2) is 4.39 Å². The summed E-state index contributed by atoms with van der Waals surface area (Å²) in [4.78, 5) is 4.01. The molecule has 0 aliphatic carbocycles. The summed E-state index contributed by atoms with van der Waals surface area (Å²) in [6.07, 6.45) is 3.44. The minimum atomic E-state index is -0.122. The van der Waals surface area contributed by atoms with Crippen molar-refractivity contribution in [3.05, 3.63) is 41.7 Å². The van der Waals surface area contributed by atoms with E-state index in [2.05, 4.69) is 10.3 Å². The minimum absolute atomic E-state index is 0.122. The normalized spacial score (nSPS) is 10.8. The SMILES string of the molecule is CC(C)=C(F)CNCc1cc2cnccc2o1. The molecule has 2 heterocycles.